The zero-order valence-electron chi connectivity index (χ0n) is 10.2. The fourth-order valence-corrected chi connectivity index (χ4v) is 1.99. The van der Waals surface area contributed by atoms with E-state index in [-0.39, 0.29) is 0 Å². The van der Waals surface area contributed by atoms with Crippen LogP contribution in [0.1, 0.15) is 31.4 Å². The van der Waals surface area contributed by atoms with Gasteiger partial charge in [0, 0.05) is 18.3 Å². The van der Waals surface area contributed by atoms with E-state index in [4.69, 9.17) is 0 Å². The Bertz CT molecular complexity index is 291. The summed E-state index contributed by atoms with van der Waals surface area (Å²) >= 11 is 1.93. The maximum Gasteiger partial charge on any atom is 0.129 e. The molecule has 0 amide bonds. The van der Waals surface area contributed by atoms with Crippen molar-refractivity contribution in [1.82, 2.24) is 9.97 Å². The van der Waals surface area contributed by atoms with E-state index in [1.807, 2.05) is 24.8 Å². The lowest BCUT2D eigenvalue weighted by Gasteiger charge is -2.05. The van der Waals surface area contributed by atoms with Crippen molar-refractivity contribution in [2.75, 3.05) is 23.9 Å². The van der Waals surface area contributed by atoms with Gasteiger partial charge in [-0.3, -0.25) is 0 Å². The molecule has 16 heavy (non-hydrogen) atoms. The molecule has 1 aromatic heterocycles. The summed E-state index contributed by atoms with van der Waals surface area (Å²) in [5.41, 5.74) is 1.01. The molecule has 0 aliphatic rings. The predicted molar refractivity (Wildman–Crippen MR) is 72.1 cm³/mol. The van der Waals surface area contributed by atoms with Crippen molar-refractivity contribution in [3.63, 3.8) is 0 Å². The molecule has 90 valence electrons. The van der Waals surface area contributed by atoms with Crippen LogP contribution in [-0.2, 0) is 0 Å². The topological polar surface area (TPSA) is 37.8 Å². The highest BCUT2D eigenvalue weighted by atomic mass is 32.2. The van der Waals surface area contributed by atoms with E-state index in [1.165, 1.54) is 31.4 Å². The van der Waals surface area contributed by atoms with Crippen molar-refractivity contribution in [2.45, 2.75) is 32.6 Å². The van der Waals surface area contributed by atoms with Gasteiger partial charge in [0.05, 0.1) is 0 Å². The SMILES string of the molecule is CSCCCCCCNc1cc(C)ncn1. The molecule has 1 rings (SSSR count). The number of thioether (sulfide) groups is 1. The van der Waals surface area contributed by atoms with Crippen LogP contribution >= 0.6 is 11.8 Å². The molecule has 0 radical (unpaired) electrons. The Labute approximate surface area is 102 Å². The summed E-state index contributed by atoms with van der Waals surface area (Å²) in [5.74, 6) is 2.23. The van der Waals surface area contributed by atoms with Crippen LogP contribution in [0.15, 0.2) is 12.4 Å². The molecular formula is C12H21N3S. The van der Waals surface area contributed by atoms with Crippen LogP contribution < -0.4 is 5.32 Å². The summed E-state index contributed by atoms with van der Waals surface area (Å²) in [7, 11) is 0. The predicted octanol–water partition coefficient (Wildman–Crippen LogP) is 3.12. The number of unbranched alkanes of at least 4 members (excludes halogenated alkanes) is 3. The quantitative estimate of drug-likeness (QED) is 0.707. The van der Waals surface area contributed by atoms with Crippen LogP contribution in [0.4, 0.5) is 5.82 Å². The number of aromatic nitrogens is 2. The molecule has 3 nitrogen and oxygen atoms in total. The van der Waals surface area contributed by atoms with E-state index in [1.54, 1.807) is 6.33 Å². The lowest BCUT2D eigenvalue weighted by atomic mass is 10.2. The van der Waals surface area contributed by atoms with E-state index >= 15 is 0 Å². The van der Waals surface area contributed by atoms with E-state index in [9.17, 15) is 0 Å². The Balaban J connectivity index is 2.03. The van der Waals surface area contributed by atoms with Crippen molar-refractivity contribution in [2.24, 2.45) is 0 Å². The molecule has 1 N–H and O–H groups in total. The molecule has 0 fully saturated rings. The van der Waals surface area contributed by atoms with Gasteiger partial charge in [-0.1, -0.05) is 12.8 Å². The van der Waals surface area contributed by atoms with Crippen molar-refractivity contribution >= 4 is 17.6 Å². The largest absolute Gasteiger partial charge is 0.370 e. The summed E-state index contributed by atoms with van der Waals surface area (Å²) in [5, 5.41) is 3.32. The third-order valence-electron chi connectivity index (χ3n) is 2.39. The Morgan fingerprint density at radius 1 is 1.19 bits per heavy atom. The smallest absolute Gasteiger partial charge is 0.129 e. The standard InChI is InChI=1S/C12H21N3S/c1-11-9-12(15-10-14-11)13-7-5-3-4-6-8-16-2/h9-10H,3-8H2,1-2H3,(H,13,14,15). The second-order valence-electron chi connectivity index (χ2n) is 3.88. The molecule has 0 bridgehead atoms. The minimum absolute atomic E-state index is 0.941. The normalized spacial score (nSPS) is 10.4. The van der Waals surface area contributed by atoms with E-state index in [0.717, 1.165) is 18.1 Å². The highest BCUT2D eigenvalue weighted by Crippen LogP contribution is 2.06. The first-order chi connectivity index (χ1) is 7.83. The summed E-state index contributed by atoms with van der Waals surface area (Å²) in [6, 6.07) is 1.98. The molecule has 1 heterocycles. The Hall–Kier alpha value is -0.770. The Morgan fingerprint density at radius 2 is 2.00 bits per heavy atom. The monoisotopic (exact) mass is 239 g/mol. The van der Waals surface area contributed by atoms with Gasteiger partial charge in [0.25, 0.3) is 0 Å². The number of nitrogens with one attached hydrogen (secondary N) is 1. The summed E-state index contributed by atoms with van der Waals surface area (Å²) in [4.78, 5) is 8.23. The Kier molecular flexibility index (Phi) is 6.97. The van der Waals surface area contributed by atoms with Crippen LogP contribution in [0.2, 0.25) is 0 Å². The molecular weight excluding hydrogens is 218 g/mol. The fourth-order valence-electron chi connectivity index (χ4n) is 1.49. The van der Waals surface area contributed by atoms with Crippen LogP contribution in [0.5, 0.6) is 0 Å². The third kappa shape index (κ3) is 5.95. The van der Waals surface area contributed by atoms with Crippen molar-refractivity contribution in [3.05, 3.63) is 18.1 Å². The van der Waals surface area contributed by atoms with Gasteiger partial charge < -0.3 is 5.32 Å². The molecule has 4 heteroatoms. The average Bonchev–Trinajstić information content (AvgIpc) is 2.28. The first-order valence-electron chi connectivity index (χ1n) is 5.84. The van der Waals surface area contributed by atoms with Crippen molar-refractivity contribution in [3.8, 4) is 0 Å². The first kappa shape index (κ1) is 13.3. The van der Waals surface area contributed by atoms with E-state index in [2.05, 4.69) is 21.5 Å². The van der Waals surface area contributed by atoms with Crippen molar-refractivity contribution < 1.29 is 0 Å². The number of rotatable bonds is 8. The second kappa shape index (κ2) is 8.39. The van der Waals surface area contributed by atoms with E-state index < -0.39 is 0 Å². The highest BCUT2D eigenvalue weighted by molar-refractivity contribution is 7.98. The second-order valence-corrected chi connectivity index (χ2v) is 4.86. The Morgan fingerprint density at radius 3 is 2.75 bits per heavy atom. The van der Waals surface area contributed by atoms with Gasteiger partial charge in [0.2, 0.25) is 0 Å². The highest BCUT2D eigenvalue weighted by Gasteiger charge is 1.94. The number of nitrogens with zero attached hydrogens (tertiary/aromatic N) is 2. The summed E-state index contributed by atoms with van der Waals surface area (Å²) < 4.78 is 0. The van der Waals surface area contributed by atoms with Crippen LogP contribution in [0, 0.1) is 6.92 Å². The lowest BCUT2D eigenvalue weighted by molar-refractivity contribution is 0.688. The first-order valence-corrected chi connectivity index (χ1v) is 7.24. The average molecular weight is 239 g/mol. The number of hydrogen-bond acceptors (Lipinski definition) is 4. The van der Waals surface area contributed by atoms with Crippen LogP contribution in [-0.4, -0.2) is 28.5 Å². The maximum atomic E-state index is 4.16. The van der Waals surface area contributed by atoms with Gasteiger partial charge in [-0.15, -0.1) is 0 Å². The van der Waals surface area contributed by atoms with Crippen LogP contribution in [0.3, 0.4) is 0 Å². The van der Waals surface area contributed by atoms with Gasteiger partial charge in [0.15, 0.2) is 0 Å². The van der Waals surface area contributed by atoms with Gasteiger partial charge in [-0.2, -0.15) is 11.8 Å². The molecule has 0 aromatic carbocycles. The lowest BCUT2D eigenvalue weighted by Crippen LogP contribution is -2.03. The van der Waals surface area contributed by atoms with Crippen molar-refractivity contribution in [1.29, 1.82) is 0 Å². The molecule has 0 aliphatic heterocycles. The molecule has 0 saturated heterocycles. The van der Waals surface area contributed by atoms with Crippen LogP contribution in [0.25, 0.3) is 0 Å². The fraction of sp³-hybridized carbons (Fsp3) is 0.667. The minimum atomic E-state index is 0.941. The number of aryl methyl sites for hydroxylation is 1. The molecule has 0 spiro atoms. The van der Waals surface area contributed by atoms with Gasteiger partial charge in [-0.25, -0.2) is 9.97 Å². The molecule has 0 atom stereocenters. The van der Waals surface area contributed by atoms with E-state index in [0.29, 0.717) is 0 Å². The number of anilines is 1. The molecule has 0 unspecified atom stereocenters. The molecule has 0 aliphatic carbocycles. The minimum Gasteiger partial charge on any atom is -0.370 e. The van der Waals surface area contributed by atoms with Gasteiger partial charge in [-0.05, 0) is 31.8 Å². The zero-order chi connectivity index (χ0) is 11.6. The summed E-state index contributed by atoms with van der Waals surface area (Å²) in [6.07, 6.45) is 8.98. The zero-order valence-corrected chi connectivity index (χ0v) is 11.0. The molecule has 0 saturated carbocycles. The summed E-state index contributed by atoms with van der Waals surface area (Å²) in [6.45, 7) is 2.99. The third-order valence-corrected chi connectivity index (χ3v) is 3.08. The maximum absolute atomic E-state index is 4.16. The molecule has 1 aromatic rings. The van der Waals surface area contributed by atoms with Gasteiger partial charge in [0.1, 0.15) is 12.1 Å². The number of hydrogen-bond donors (Lipinski definition) is 1. The van der Waals surface area contributed by atoms with Gasteiger partial charge >= 0.3 is 0 Å².